The summed E-state index contributed by atoms with van der Waals surface area (Å²) in [6.45, 7) is 1.21. The van der Waals surface area contributed by atoms with Crippen molar-refractivity contribution in [2.75, 3.05) is 47.4 Å². The fourth-order valence-electron chi connectivity index (χ4n) is 4.32. The maximum atomic E-state index is 13.6. The van der Waals surface area contributed by atoms with Crippen LogP contribution in [0.5, 0.6) is 28.7 Å². The van der Waals surface area contributed by atoms with Crippen molar-refractivity contribution in [3.8, 4) is 28.7 Å². The van der Waals surface area contributed by atoms with Gasteiger partial charge in [-0.15, -0.1) is 0 Å². The highest BCUT2D eigenvalue weighted by molar-refractivity contribution is 5.91. The van der Waals surface area contributed by atoms with E-state index in [9.17, 15) is 4.79 Å². The molecule has 9 heteroatoms. The number of nitrogens with zero attached hydrogens (tertiary/aromatic N) is 2. The molecule has 1 aromatic heterocycles. The van der Waals surface area contributed by atoms with E-state index in [1.807, 2.05) is 36.5 Å². The lowest BCUT2D eigenvalue weighted by atomic mass is 9.99. The second-order valence-corrected chi connectivity index (χ2v) is 7.68. The van der Waals surface area contributed by atoms with Crippen LogP contribution in [-0.4, -0.2) is 57.6 Å². The smallest absolute Gasteiger partial charge is 0.322 e. The van der Waals surface area contributed by atoms with Crippen LogP contribution in [0.4, 0.5) is 10.5 Å². The van der Waals surface area contributed by atoms with Gasteiger partial charge in [0.15, 0.2) is 23.0 Å². The highest BCUT2D eigenvalue weighted by Crippen LogP contribution is 2.41. The molecule has 1 N–H and O–H groups in total. The quantitative estimate of drug-likeness (QED) is 0.562. The lowest BCUT2D eigenvalue weighted by molar-refractivity contribution is 0.181. The van der Waals surface area contributed by atoms with Gasteiger partial charge in [0.05, 0.1) is 47.3 Å². The molecule has 3 aromatic rings. The van der Waals surface area contributed by atoms with E-state index in [4.69, 9.17) is 23.7 Å². The zero-order chi connectivity index (χ0) is 24.2. The van der Waals surface area contributed by atoms with Gasteiger partial charge in [-0.05, 0) is 29.8 Å². The number of nitrogens with one attached hydrogen (secondary N) is 1. The summed E-state index contributed by atoms with van der Waals surface area (Å²) in [5, 5.41) is 2.99. The van der Waals surface area contributed by atoms with Gasteiger partial charge in [0.1, 0.15) is 0 Å². The van der Waals surface area contributed by atoms with Crippen molar-refractivity contribution in [1.82, 2.24) is 9.47 Å². The molecule has 180 valence electrons. The van der Waals surface area contributed by atoms with Crippen LogP contribution in [0.1, 0.15) is 17.3 Å². The highest BCUT2D eigenvalue weighted by atomic mass is 16.5. The van der Waals surface area contributed by atoms with Crippen molar-refractivity contribution in [1.29, 1.82) is 0 Å². The number of hydrogen-bond acceptors (Lipinski definition) is 6. The van der Waals surface area contributed by atoms with E-state index in [0.717, 1.165) is 11.3 Å². The molecule has 1 aliphatic heterocycles. The fourth-order valence-corrected chi connectivity index (χ4v) is 4.32. The van der Waals surface area contributed by atoms with E-state index in [-0.39, 0.29) is 12.1 Å². The van der Waals surface area contributed by atoms with Crippen LogP contribution >= 0.6 is 0 Å². The predicted octanol–water partition coefficient (Wildman–Crippen LogP) is 4.17. The summed E-state index contributed by atoms with van der Waals surface area (Å²) in [7, 11) is 7.80. The van der Waals surface area contributed by atoms with Crippen LogP contribution in [0.15, 0.2) is 48.7 Å². The Labute approximate surface area is 198 Å². The summed E-state index contributed by atoms with van der Waals surface area (Å²) in [4.78, 5) is 15.4. The molecular formula is C25H29N3O6. The molecule has 34 heavy (non-hydrogen) atoms. The lowest BCUT2D eigenvalue weighted by Crippen LogP contribution is -2.44. The zero-order valence-electron chi connectivity index (χ0n) is 20.0. The van der Waals surface area contributed by atoms with Crippen molar-refractivity contribution in [2.45, 2.75) is 12.6 Å². The number of methoxy groups -OCH3 is 5. The predicted molar refractivity (Wildman–Crippen MR) is 128 cm³/mol. The van der Waals surface area contributed by atoms with Crippen molar-refractivity contribution < 1.29 is 28.5 Å². The van der Waals surface area contributed by atoms with E-state index in [1.165, 1.54) is 21.3 Å². The topological polar surface area (TPSA) is 83.4 Å². The van der Waals surface area contributed by atoms with E-state index < -0.39 is 0 Å². The van der Waals surface area contributed by atoms with Crippen molar-refractivity contribution in [3.63, 3.8) is 0 Å². The average molecular weight is 468 g/mol. The van der Waals surface area contributed by atoms with Gasteiger partial charge in [-0.2, -0.15) is 0 Å². The Morgan fingerprint density at radius 1 is 0.824 bits per heavy atom. The summed E-state index contributed by atoms with van der Waals surface area (Å²) in [6.07, 6.45) is 2.03. The molecule has 1 unspecified atom stereocenters. The summed E-state index contributed by atoms with van der Waals surface area (Å²) in [6, 6.07) is 12.6. The van der Waals surface area contributed by atoms with Crippen LogP contribution in [-0.2, 0) is 6.54 Å². The maximum Gasteiger partial charge on any atom is 0.322 e. The molecule has 0 radical (unpaired) electrons. The first-order chi connectivity index (χ1) is 16.5. The summed E-state index contributed by atoms with van der Waals surface area (Å²) in [5.74, 6) is 2.61. The first-order valence-electron chi connectivity index (χ1n) is 10.8. The third-order valence-corrected chi connectivity index (χ3v) is 5.94. The molecule has 2 heterocycles. The lowest BCUT2D eigenvalue weighted by Gasteiger charge is -2.37. The standard InChI is InChI=1S/C25H29N3O6/c1-30-19-9-8-16(13-20(19)31-2)23-18-7-6-10-27(18)11-12-28(23)25(29)26-17-14-21(32-3)24(34-5)22(15-17)33-4/h6-10,13-15,23H,11-12H2,1-5H3,(H,26,29). The molecule has 0 bridgehead atoms. The third-order valence-electron chi connectivity index (χ3n) is 5.94. The number of benzene rings is 2. The molecular weight excluding hydrogens is 438 g/mol. The summed E-state index contributed by atoms with van der Waals surface area (Å²) < 4.78 is 29.3. The van der Waals surface area contributed by atoms with Gasteiger partial charge in [0.25, 0.3) is 0 Å². The number of rotatable bonds is 7. The molecule has 0 fully saturated rings. The first kappa shape index (κ1) is 23.2. The molecule has 0 spiro atoms. The first-order valence-corrected chi connectivity index (χ1v) is 10.8. The number of carbonyl (C=O) groups is 1. The van der Waals surface area contributed by atoms with Crippen LogP contribution in [0.3, 0.4) is 0 Å². The maximum absolute atomic E-state index is 13.6. The number of carbonyl (C=O) groups excluding carboxylic acids is 1. The molecule has 1 aliphatic rings. The third kappa shape index (κ3) is 4.16. The molecule has 9 nitrogen and oxygen atoms in total. The van der Waals surface area contributed by atoms with Gasteiger partial charge in [0, 0.05) is 37.1 Å². The van der Waals surface area contributed by atoms with Gasteiger partial charge in [-0.1, -0.05) is 6.07 Å². The summed E-state index contributed by atoms with van der Waals surface area (Å²) in [5.41, 5.74) is 2.46. The van der Waals surface area contributed by atoms with Crippen LogP contribution < -0.4 is 29.0 Å². The Bertz CT molecular complexity index is 1150. The second-order valence-electron chi connectivity index (χ2n) is 7.68. The Hall–Kier alpha value is -4.01. The highest BCUT2D eigenvalue weighted by Gasteiger charge is 2.33. The molecule has 0 saturated carbocycles. The number of anilines is 1. The minimum atomic E-state index is -0.314. The van der Waals surface area contributed by atoms with Gasteiger partial charge < -0.3 is 38.5 Å². The SMILES string of the molecule is COc1ccc(C2c3cccn3CCN2C(=O)Nc2cc(OC)c(OC)c(OC)c2)cc1OC. The molecule has 2 amide bonds. The van der Waals surface area contributed by atoms with Crippen molar-refractivity contribution in [3.05, 3.63) is 59.9 Å². The van der Waals surface area contributed by atoms with Crippen LogP contribution in [0.2, 0.25) is 0 Å². The van der Waals surface area contributed by atoms with Crippen molar-refractivity contribution in [2.24, 2.45) is 0 Å². The molecule has 1 atom stereocenters. The van der Waals surface area contributed by atoms with Crippen LogP contribution in [0, 0.1) is 0 Å². The number of aromatic nitrogens is 1. The van der Waals surface area contributed by atoms with Crippen LogP contribution in [0.25, 0.3) is 0 Å². The number of amides is 2. The Balaban J connectivity index is 1.70. The van der Waals surface area contributed by atoms with Gasteiger partial charge >= 0.3 is 6.03 Å². The molecule has 2 aromatic carbocycles. The average Bonchev–Trinajstić information content (AvgIpc) is 3.35. The fraction of sp³-hybridized carbons (Fsp3) is 0.320. The molecule has 0 aliphatic carbocycles. The minimum absolute atomic E-state index is 0.249. The number of fused-ring (bicyclic) bond motifs is 1. The number of urea groups is 1. The minimum Gasteiger partial charge on any atom is -0.493 e. The van der Waals surface area contributed by atoms with Gasteiger partial charge in [0.2, 0.25) is 5.75 Å². The van der Waals surface area contributed by atoms with E-state index in [0.29, 0.717) is 47.5 Å². The molecule has 4 rings (SSSR count). The zero-order valence-corrected chi connectivity index (χ0v) is 20.0. The molecule has 0 saturated heterocycles. The van der Waals surface area contributed by atoms with Gasteiger partial charge in [-0.25, -0.2) is 4.79 Å². The largest absolute Gasteiger partial charge is 0.493 e. The van der Waals surface area contributed by atoms with E-state index >= 15 is 0 Å². The normalized spacial score (nSPS) is 14.7. The monoisotopic (exact) mass is 467 g/mol. The van der Waals surface area contributed by atoms with Crippen molar-refractivity contribution >= 4 is 11.7 Å². The number of hydrogen-bond donors (Lipinski definition) is 1. The Kier molecular flexibility index (Phi) is 6.72. The second kappa shape index (κ2) is 9.86. The van der Waals surface area contributed by atoms with E-state index in [2.05, 4.69) is 9.88 Å². The van der Waals surface area contributed by atoms with E-state index in [1.54, 1.807) is 31.3 Å². The van der Waals surface area contributed by atoms with Gasteiger partial charge in [-0.3, -0.25) is 0 Å². The number of ether oxygens (including phenoxy) is 5. The Morgan fingerprint density at radius 2 is 1.50 bits per heavy atom. The Morgan fingerprint density at radius 3 is 2.12 bits per heavy atom. The summed E-state index contributed by atoms with van der Waals surface area (Å²) >= 11 is 0.